The summed E-state index contributed by atoms with van der Waals surface area (Å²) in [5.41, 5.74) is 0. The van der Waals surface area contributed by atoms with Gasteiger partial charge in [-0.05, 0) is 26.2 Å². The van der Waals surface area contributed by atoms with Crippen LogP contribution in [0.5, 0.6) is 0 Å². The molecule has 19 heavy (non-hydrogen) atoms. The summed E-state index contributed by atoms with van der Waals surface area (Å²) in [6.45, 7) is 2.09. The lowest BCUT2D eigenvalue weighted by atomic mass is 10.2. The maximum atomic E-state index is 12.1. The monoisotopic (exact) mass is 272 g/mol. The third-order valence-electron chi connectivity index (χ3n) is 3.53. The number of carbonyl (C=O) groups is 2. The predicted molar refractivity (Wildman–Crippen MR) is 70.9 cm³/mol. The Morgan fingerprint density at radius 2 is 2.00 bits per heavy atom. The van der Waals surface area contributed by atoms with Crippen molar-refractivity contribution in [3.8, 4) is 0 Å². The number of carboxylic acids is 1. The van der Waals surface area contributed by atoms with Crippen LogP contribution in [-0.4, -0.2) is 52.3 Å². The van der Waals surface area contributed by atoms with Crippen LogP contribution in [0.15, 0.2) is 0 Å². The van der Waals surface area contributed by atoms with E-state index >= 15 is 0 Å². The highest BCUT2D eigenvalue weighted by Gasteiger charge is 2.26. The van der Waals surface area contributed by atoms with E-state index in [1.54, 1.807) is 11.8 Å². The standard InChI is InChI=1S/C13H24N2O4/c1-10(6-7-12(17)18)14-13(19)15(8-9-16)11-4-2-3-5-11/h10-11,16H,2-9H2,1H3,(H,14,19)(H,17,18). The van der Waals surface area contributed by atoms with Gasteiger partial charge in [-0.25, -0.2) is 4.79 Å². The Bertz CT molecular complexity index is 303. The molecule has 1 unspecified atom stereocenters. The summed E-state index contributed by atoms with van der Waals surface area (Å²) in [6, 6.07) is -0.163. The number of aliphatic hydroxyl groups is 1. The van der Waals surface area contributed by atoms with Gasteiger partial charge in [-0.3, -0.25) is 4.79 Å². The van der Waals surface area contributed by atoms with Gasteiger partial charge in [-0.1, -0.05) is 12.8 Å². The maximum absolute atomic E-state index is 12.1. The van der Waals surface area contributed by atoms with Crippen molar-refractivity contribution in [2.45, 2.75) is 57.5 Å². The number of aliphatic carboxylic acids is 1. The Kier molecular flexibility index (Phi) is 6.62. The fourth-order valence-corrected chi connectivity index (χ4v) is 2.48. The first-order valence-electron chi connectivity index (χ1n) is 6.94. The Hall–Kier alpha value is -1.30. The van der Waals surface area contributed by atoms with E-state index in [0.29, 0.717) is 13.0 Å². The van der Waals surface area contributed by atoms with Crippen molar-refractivity contribution in [2.75, 3.05) is 13.2 Å². The molecule has 3 N–H and O–H groups in total. The fourth-order valence-electron chi connectivity index (χ4n) is 2.48. The predicted octanol–water partition coefficient (Wildman–Crippen LogP) is 1.19. The lowest BCUT2D eigenvalue weighted by Gasteiger charge is -2.29. The lowest BCUT2D eigenvalue weighted by Crippen LogP contribution is -2.49. The molecule has 1 rings (SSSR count). The normalized spacial score (nSPS) is 17.2. The van der Waals surface area contributed by atoms with Crippen LogP contribution in [0.25, 0.3) is 0 Å². The first-order chi connectivity index (χ1) is 9.04. The SMILES string of the molecule is CC(CCC(=O)O)NC(=O)N(CCO)C1CCCC1. The molecule has 110 valence electrons. The first-order valence-corrected chi connectivity index (χ1v) is 6.94. The molecule has 0 heterocycles. The topological polar surface area (TPSA) is 89.9 Å². The molecular formula is C13H24N2O4. The van der Waals surface area contributed by atoms with Gasteiger partial charge in [0, 0.05) is 25.0 Å². The van der Waals surface area contributed by atoms with Crippen LogP contribution in [0, 0.1) is 0 Å². The van der Waals surface area contributed by atoms with Gasteiger partial charge >= 0.3 is 12.0 Å². The average Bonchev–Trinajstić information content (AvgIpc) is 2.86. The number of amides is 2. The van der Waals surface area contributed by atoms with E-state index in [2.05, 4.69) is 5.32 Å². The van der Waals surface area contributed by atoms with Crippen molar-refractivity contribution < 1.29 is 19.8 Å². The molecule has 1 aliphatic rings. The summed E-state index contributed by atoms with van der Waals surface area (Å²) in [7, 11) is 0. The second-order valence-corrected chi connectivity index (χ2v) is 5.14. The van der Waals surface area contributed by atoms with Gasteiger partial charge in [0.05, 0.1) is 6.61 Å². The molecule has 0 spiro atoms. The number of nitrogens with one attached hydrogen (secondary N) is 1. The number of rotatable bonds is 7. The second kappa shape index (κ2) is 7.99. The third kappa shape index (κ3) is 5.46. The minimum atomic E-state index is -0.857. The summed E-state index contributed by atoms with van der Waals surface area (Å²) >= 11 is 0. The fraction of sp³-hybridized carbons (Fsp3) is 0.846. The Balaban J connectivity index is 2.44. The molecule has 0 aromatic heterocycles. The highest BCUT2D eigenvalue weighted by atomic mass is 16.4. The summed E-state index contributed by atoms with van der Waals surface area (Å²) in [5, 5.41) is 20.5. The Morgan fingerprint density at radius 3 is 2.53 bits per heavy atom. The maximum Gasteiger partial charge on any atom is 0.317 e. The summed E-state index contributed by atoms with van der Waals surface area (Å²) in [4.78, 5) is 24.3. The van der Waals surface area contributed by atoms with E-state index in [4.69, 9.17) is 10.2 Å². The Labute approximate surface area is 113 Å². The van der Waals surface area contributed by atoms with Gasteiger partial charge in [-0.15, -0.1) is 0 Å². The van der Waals surface area contributed by atoms with Crippen molar-refractivity contribution in [3.63, 3.8) is 0 Å². The van der Waals surface area contributed by atoms with E-state index < -0.39 is 5.97 Å². The zero-order chi connectivity index (χ0) is 14.3. The second-order valence-electron chi connectivity index (χ2n) is 5.14. The van der Waals surface area contributed by atoms with Crippen LogP contribution >= 0.6 is 0 Å². The van der Waals surface area contributed by atoms with Crippen LogP contribution < -0.4 is 5.32 Å². The molecule has 1 saturated carbocycles. The number of nitrogens with zero attached hydrogens (tertiary/aromatic N) is 1. The molecular weight excluding hydrogens is 248 g/mol. The average molecular weight is 272 g/mol. The number of hydrogen-bond acceptors (Lipinski definition) is 3. The summed E-state index contributed by atoms with van der Waals surface area (Å²) in [6.07, 6.45) is 4.67. The van der Waals surface area contributed by atoms with Crippen molar-refractivity contribution in [1.29, 1.82) is 0 Å². The zero-order valence-electron chi connectivity index (χ0n) is 11.5. The molecule has 1 atom stereocenters. The van der Waals surface area contributed by atoms with Crippen LogP contribution in [0.3, 0.4) is 0 Å². The van der Waals surface area contributed by atoms with Crippen molar-refractivity contribution >= 4 is 12.0 Å². The molecule has 0 aliphatic heterocycles. The van der Waals surface area contributed by atoms with Crippen LogP contribution in [0.2, 0.25) is 0 Å². The minimum absolute atomic E-state index is 0.0465. The van der Waals surface area contributed by atoms with Crippen LogP contribution in [0.4, 0.5) is 4.79 Å². The van der Waals surface area contributed by atoms with Crippen molar-refractivity contribution in [3.05, 3.63) is 0 Å². The molecule has 0 saturated heterocycles. The number of carboxylic acid groups (broad SMARTS) is 1. The van der Waals surface area contributed by atoms with E-state index in [0.717, 1.165) is 25.7 Å². The smallest absolute Gasteiger partial charge is 0.317 e. The van der Waals surface area contributed by atoms with Gasteiger partial charge in [-0.2, -0.15) is 0 Å². The van der Waals surface area contributed by atoms with Crippen LogP contribution in [-0.2, 0) is 4.79 Å². The van der Waals surface area contributed by atoms with E-state index in [9.17, 15) is 9.59 Å². The quantitative estimate of drug-likeness (QED) is 0.649. The zero-order valence-corrected chi connectivity index (χ0v) is 11.5. The van der Waals surface area contributed by atoms with Gasteiger partial charge < -0.3 is 20.4 Å². The first kappa shape index (κ1) is 15.8. The van der Waals surface area contributed by atoms with Gasteiger partial charge in [0.1, 0.15) is 0 Å². The number of hydrogen-bond donors (Lipinski definition) is 3. The van der Waals surface area contributed by atoms with Gasteiger partial charge in [0.25, 0.3) is 0 Å². The Morgan fingerprint density at radius 1 is 1.37 bits per heavy atom. The van der Waals surface area contributed by atoms with Crippen LogP contribution in [0.1, 0.15) is 45.4 Å². The molecule has 6 nitrogen and oxygen atoms in total. The molecule has 0 radical (unpaired) electrons. The number of carbonyl (C=O) groups excluding carboxylic acids is 1. The highest BCUT2D eigenvalue weighted by molar-refractivity contribution is 5.75. The number of aliphatic hydroxyl groups excluding tert-OH is 1. The van der Waals surface area contributed by atoms with Crippen molar-refractivity contribution in [1.82, 2.24) is 10.2 Å². The third-order valence-corrected chi connectivity index (χ3v) is 3.53. The largest absolute Gasteiger partial charge is 0.481 e. The van der Waals surface area contributed by atoms with Gasteiger partial charge in [0.15, 0.2) is 0 Å². The van der Waals surface area contributed by atoms with E-state index in [1.807, 2.05) is 0 Å². The molecule has 6 heteroatoms. The van der Waals surface area contributed by atoms with E-state index in [-0.39, 0.29) is 31.1 Å². The lowest BCUT2D eigenvalue weighted by molar-refractivity contribution is -0.137. The highest BCUT2D eigenvalue weighted by Crippen LogP contribution is 2.23. The van der Waals surface area contributed by atoms with Crippen molar-refractivity contribution in [2.24, 2.45) is 0 Å². The van der Waals surface area contributed by atoms with Gasteiger partial charge in [0.2, 0.25) is 0 Å². The molecule has 1 fully saturated rings. The molecule has 1 aliphatic carbocycles. The summed E-state index contributed by atoms with van der Waals surface area (Å²) in [5.74, 6) is -0.857. The minimum Gasteiger partial charge on any atom is -0.481 e. The van der Waals surface area contributed by atoms with E-state index in [1.165, 1.54) is 0 Å². The summed E-state index contributed by atoms with van der Waals surface area (Å²) < 4.78 is 0. The molecule has 0 bridgehead atoms. The molecule has 2 amide bonds. The molecule has 0 aromatic carbocycles. The molecule has 0 aromatic rings. The number of urea groups is 1.